The maximum Gasteiger partial charge on any atom is 0.330 e. The molecule has 0 radical (unpaired) electrons. The predicted molar refractivity (Wildman–Crippen MR) is 107 cm³/mol. The number of anilines is 1. The Hall–Kier alpha value is -2.87. The zero-order chi connectivity index (χ0) is 21.1. The lowest BCUT2D eigenvalue weighted by Crippen LogP contribution is -2.50. The molecule has 2 N–H and O–H groups in total. The number of benzene rings is 2. The molecule has 0 unspecified atom stereocenters. The van der Waals surface area contributed by atoms with Crippen LogP contribution >= 0.6 is 0 Å². The van der Waals surface area contributed by atoms with Crippen molar-refractivity contribution in [3.05, 3.63) is 59.2 Å². The van der Waals surface area contributed by atoms with Crippen LogP contribution in [0.15, 0.2) is 47.4 Å². The molecule has 2 aromatic rings. The van der Waals surface area contributed by atoms with Crippen molar-refractivity contribution < 1.29 is 22.7 Å². The quantitative estimate of drug-likeness (QED) is 0.721. The zero-order valence-electron chi connectivity index (χ0n) is 16.5. The molecule has 0 heterocycles. The highest BCUT2D eigenvalue weighted by molar-refractivity contribution is 7.92. The molecule has 7 nitrogen and oxygen atoms in total. The van der Waals surface area contributed by atoms with E-state index in [0.717, 1.165) is 5.56 Å². The first kappa shape index (κ1) is 21.4. The van der Waals surface area contributed by atoms with Crippen LogP contribution in [0.4, 0.5) is 5.69 Å². The van der Waals surface area contributed by atoms with Crippen LogP contribution in [0, 0.1) is 13.8 Å². The van der Waals surface area contributed by atoms with Crippen LogP contribution in [0.2, 0.25) is 0 Å². The first-order chi connectivity index (χ1) is 13.0. The molecule has 0 saturated heterocycles. The summed E-state index contributed by atoms with van der Waals surface area (Å²) in [5, 5.41) is 2.57. The van der Waals surface area contributed by atoms with Gasteiger partial charge >= 0.3 is 5.97 Å². The molecule has 0 spiro atoms. The summed E-state index contributed by atoms with van der Waals surface area (Å²) in [6.07, 6.45) is 0. The molecule has 0 aliphatic rings. The van der Waals surface area contributed by atoms with Crippen LogP contribution in [0.25, 0.3) is 0 Å². The summed E-state index contributed by atoms with van der Waals surface area (Å²) in [4.78, 5) is 24.4. The van der Waals surface area contributed by atoms with Crippen LogP contribution in [0.5, 0.6) is 0 Å². The lowest BCUT2D eigenvalue weighted by atomic mass is 10.0. The number of esters is 1. The van der Waals surface area contributed by atoms with E-state index in [2.05, 4.69) is 14.8 Å². The molecule has 150 valence electrons. The minimum atomic E-state index is -3.89. The monoisotopic (exact) mass is 404 g/mol. The molecule has 8 heteroatoms. The Kier molecular flexibility index (Phi) is 6.14. The number of hydrogen-bond donors (Lipinski definition) is 2. The molecule has 0 aliphatic carbocycles. The summed E-state index contributed by atoms with van der Waals surface area (Å²) >= 11 is 0. The molecular formula is C20H24N2O5S. The van der Waals surface area contributed by atoms with E-state index >= 15 is 0 Å². The summed E-state index contributed by atoms with van der Waals surface area (Å²) in [5.41, 5.74) is 0.817. The van der Waals surface area contributed by atoms with E-state index in [1.54, 1.807) is 31.2 Å². The number of carbonyl (C=O) groups excluding carboxylic acids is 2. The Morgan fingerprint density at radius 1 is 1.04 bits per heavy atom. The van der Waals surface area contributed by atoms with Gasteiger partial charge in [-0.25, -0.2) is 13.2 Å². The van der Waals surface area contributed by atoms with Crippen molar-refractivity contribution in [2.24, 2.45) is 0 Å². The number of rotatable bonds is 6. The lowest BCUT2D eigenvalue weighted by molar-refractivity contribution is -0.146. The van der Waals surface area contributed by atoms with Crippen LogP contribution in [0.3, 0.4) is 0 Å². The molecule has 2 rings (SSSR count). The van der Waals surface area contributed by atoms with Crippen molar-refractivity contribution in [2.45, 2.75) is 38.1 Å². The fourth-order valence-electron chi connectivity index (χ4n) is 2.59. The smallest absolute Gasteiger partial charge is 0.330 e. The maximum absolute atomic E-state index is 12.7. The highest BCUT2D eigenvalue weighted by Gasteiger charge is 2.31. The fourth-order valence-corrected chi connectivity index (χ4v) is 3.67. The van der Waals surface area contributed by atoms with Crippen molar-refractivity contribution in [2.75, 3.05) is 11.8 Å². The third-order valence-corrected chi connectivity index (χ3v) is 5.53. The minimum absolute atomic E-state index is 0.0550. The summed E-state index contributed by atoms with van der Waals surface area (Å²) in [6, 6.07) is 11.2. The van der Waals surface area contributed by atoms with Gasteiger partial charge in [0.1, 0.15) is 5.54 Å². The summed E-state index contributed by atoms with van der Waals surface area (Å²) in [5.74, 6) is -1.18. The van der Waals surface area contributed by atoms with Gasteiger partial charge in [0.15, 0.2) is 0 Å². The minimum Gasteiger partial charge on any atom is -0.467 e. The molecule has 0 aromatic heterocycles. The number of carbonyl (C=O) groups is 2. The third-order valence-electron chi connectivity index (χ3n) is 4.16. The van der Waals surface area contributed by atoms with Gasteiger partial charge in [-0.1, -0.05) is 18.2 Å². The SMILES string of the molecule is COC(=O)C(C)(C)NC(=O)c1cc(S(=O)(=O)Nc2cccc(C)c2)ccc1C. The Bertz CT molecular complexity index is 1010. The van der Waals surface area contributed by atoms with Crippen molar-refractivity contribution >= 4 is 27.6 Å². The molecule has 0 saturated carbocycles. The summed E-state index contributed by atoms with van der Waals surface area (Å²) in [6.45, 7) is 6.55. The van der Waals surface area contributed by atoms with E-state index in [1.807, 2.05) is 13.0 Å². The number of ether oxygens (including phenoxy) is 1. The van der Waals surface area contributed by atoms with Crippen LogP contribution in [-0.2, 0) is 19.6 Å². The number of amides is 1. The fraction of sp³-hybridized carbons (Fsp3) is 0.300. The zero-order valence-corrected chi connectivity index (χ0v) is 17.3. The molecular weight excluding hydrogens is 380 g/mol. The van der Waals surface area contributed by atoms with Gasteiger partial charge < -0.3 is 10.1 Å². The van der Waals surface area contributed by atoms with Gasteiger partial charge in [0.2, 0.25) is 0 Å². The molecule has 1 amide bonds. The average molecular weight is 404 g/mol. The van der Waals surface area contributed by atoms with Gasteiger partial charge in [0.05, 0.1) is 12.0 Å². The molecule has 0 atom stereocenters. The third kappa shape index (κ3) is 4.89. The topological polar surface area (TPSA) is 102 Å². The average Bonchev–Trinajstić information content (AvgIpc) is 2.60. The second-order valence-electron chi connectivity index (χ2n) is 7.02. The number of aryl methyl sites for hydroxylation is 2. The van der Waals surface area contributed by atoms with Gasteiger partial charge in [-0.05, 0) is 63.1 Å². The van der Waals surface area contributed by atoms with Crippen LogP contribution in [0.1, 0.15) is 35.3 Å². The lowest BCUT2D eigenvalue weighted by Gasteiger charge is -2.23. The van der Waals surface area contributed by atoms with Crippen molar-refractivity contribution in [1.82, 2.24) is 5.32 Å². The molecule has 0 fully saturated rings. The second-order valence-corrected chi connectivity index (χ2v) is 8.70. The molecule has 28 heavy (non-hydrogen) atoms. The van der Waals surface area contributed by atoms with E-state index in [4.69, 9.17) is 0 Å². The Morgan fingerprint density at radius 3 is 2.32 bits per heavy atom. The first-order valence-electron chi connectivity index (χ1n) is 8.57. The van der Waals surface area contributed by atoms with Crippen molar-refractivity contribution in [3.63, 3.8) is 0 Å². The van der Waals surface area contributed by atoms with E-state index < -0.39 is 27.4 Å². The molecule has 0 aliphatic heterocycles. The highest BCUT2D eigenvalue weighted by Crippen LogP contribution is 2.20. The summed E-state index contributed by atoms with van der Waals surface area (Å²) < 4.78 is 32.6. The van der Waals surface area contributed by atoms with E-state index in [1.165, 1.54) is 33.1 Å². The standard InChI is InChI=1S/C20H24N2O5S/c1-13-7-6-8-15(11-13)22-28(25,26)16-10-9-14(2)17(12-16)18(23)21-20(3,4)19(24)27-5/h6-12,22H,1-5H3,(H,21,23). The van der Waals surface area contributed by atoms with Crippen molar-refractivity contribution in [3.8, 4) is 0 Å². The van der Waals surface area contributed by atoms with Crippen LogP contribution < -0.4 is 10.0 Å². The Labute approximate surface area is 165 Å². The van der Waals surface area contributed by atoms with Gasteiger partial charge in [-0.2, -0.15) is 0 Å². The van der Waals surface area contributed by atoms with Gasteiger partial charge in [-0.15, -0.1) is 0 Å². The number of hydrogen-bond acceptors (Lipinski definition) is 5. The van der Waals surface area contributed by atoms with Gasteiger partial charge in [0, 0.05) is 11.3 Å². The first-order valence-corrected chi connectivity index (χ1v) is 10.1. The maximum atomic E-state index is 12.7. The highest BCUT2D eigenvalue weighted by atomic mass is 32.2. The number of methoxy groups -OCH3 is 1. The van der Waals surface area contributed by atoms with Crippen LogP contribution in [-0.4, -0.2) is 32.9 Å². The van der Waals surface area contributed by atoms with E-state index in [0.29, 0.717) is 11.3 Å². The van der Waals surface area contributed by atoms with E-state index in [9.17, 15) is 18.0 Å². The predicted octanol–water partition coefficient (Wildman–Crippen LogP) is 2.79. The Balaban J connectivity index is 2.34. The van der Waals surface area contributed by atoms with E-state index in [-0.39, 0.29) is 10.5 Å². The van der Waals surface area contributed by atoms with Crippen molar-refractivity contribution in [1.29, 1.82) is 0 Å². The largest absolute Gasteiger partial charge is 0.467 e. The second kappa shape index (κ2) is 8.02. The molecule has 2 aromatic carbocycles. The normalized spacial score (nSPS) is 11.6. The van der Waals surface area contributed by atoms with Gasteiger partial charge in [0.25, 0.3) is 15.9 Å². The summed E-state index contributed by atoms with van der Waals surface area (Å²) in [7, 11) is -2.66. The molecule has 0 bridgehead atoms. The number of sulfonamides is 1. The number of nitrogens with one attached hydrogen (secondary N) is 2. The van der Waals surface area contributed by atoms with Gasteiger partial charge in [-0.3, -0.25) is 9.52 Å². The Morgan fingerprint density at radius 2 is 1.71 bits per heavy atom.